The monoisotopic (exact) mass is 1040 g/mol. The molecule has 0 bridgehead atoms. The molecule has 14 nitrogen and oxygen atoms in total. The number of rotatable bonds is 21. The van der Waals surface area contributed by atoms with Gasteiger partial charge in [0.05, 0.1) is 0 Å². The summed E-state index contributed by atoms with van der Waals surface area (Å²) in [5.74, 6) is 2.81. The minimum absolute atomic E-state index is 0.0224. The first-order chi connectivity index (χ1) is 33.2. The number of halogens is 2. The smallest absolute Gasteiger partial charge is 0.231 e. The minimum atomic E-state index is -0.0589. The molecule has 4 aliphatic rings. The van der Waals surface area contributed by atoms with Crippen molar-refractivity contribution in [3.8, 4) is 0 Å². The van der Waals surface area contributed by atoms with Crippen LogP contribution in [-0.4, -0.2) is 125 Å². The topological polar surface area (TPSA) is 138 Å². The molecule has 410 valence electrons. The van der Waals surface area contributed by atoms with Crippen molar-refractivity contribution in [2.45, 2.75) is 296 Å². The number of nitrogens with one attached hydrogen (secondary N) is 4. The Morgan fingerprint density at radius 3 is 0.722 bits per heavy atom. The number of unbranched alkanes of at least 4 members (excludes halogenated alkanes) is 5. The highest BCUT2D eigenvalue weighted by molar-refractivity contribution is 6.28. The molecule has 4 fully saturated rings. The number of aromatic nitrogens is 6. The first-order valence-corrected chi connectivity index (χ1v) is 29.0. The van der Waals surface area contributed by atoms with Gasteiger partial charge in [0.15, 0.2) is 0 Å². The van der Waals surface area contributed by atoms with Crippen molar-refractivity contribution in [3.05, 3.63) is 10.6 Å². The van der Waals surface area contributed by atoms with E-state index in [-0.39, 0.29) is 79.0 Å². The van der Waals surface area contributed by atoms with Crippen LogP contribution in [0.15, 0.2) is 0 Å². The maximum Gasteiger partial charge on any atom is 0.231 e. The van der Waals surface area contributed by atoms with Gasteiger partial charge in [-0.25, -0.2) is 0 Å². The maximum absolute atomic E-state index is 7.00. The number of piperidine rings is 4. The van der Waals surface area contributed by atoms with Crippen LogP contribution in [0, 0.1) is 0 Å². The normalized spacial score (nSPS) is 23.7. The molecule has 0 radical (unpaired) electrons. The molecule has 6 heterocycles. The van der Waals surface area contributed by atoms with Gasteiger partial charge in [-0.2, -0.15) is 29.9 Å². The third-order valence-corrected chi connectivity index (χ3v) is 16.0. The molecule has 4 aliphatic heterocycles. The lowest BCUT2D eigenvalue weighted by molar-refractivity contribution is 0.156. The number of hydrogen-bond acceptors (Lipinski definition) is 14. The molecular formula is C56H102Cl2N14. The molecule has 0 aliphatic carbocycles. The molecule has 0 amide bonds. The first kappa shape index (κ1) is 58.9. The fraction of sp³-hybridized carbons (Fsp3) is 0.893. The molecule has 0 atom stereocenters. The summed E-state index contributed by atoms with van der Waals surface area (Å²) in [4.78, 5) is 40.5. The fourth-order valence-electron chi connectivity index (χ4n) is 14.5. The molecule has 4 N–H and O–H groups in total. The van der Waals surface area contributed by atoms with E-state index in [1.807, 2.05) is 0 Å². The zero-order chi connectivity index (χ0) is 53.3. The standard InChI is InChI=1S/C56H102Cl2N14/c1-19-21-27-69(39-31-49(3,4)65-50(5,6)32-39)45-59-43(57)61-47(63-45)71(41-35-53(11,12)67-54(13,14)36-41)29-25-23-24-26-30-72(42-37-55(15,16)68-56(17,18)38-42)48-62-44(58)60-46(64-48)70(28-22-20-2)40-33-51(7,8)66-52(9,10)34-40/h39-42,65-68H,19-38H2,1-18H3. The van der Waals surface area contributed by atoms with Crippen LogP contribution in [0.2, 0.25) is 10.6 Å². The van der Waals surface area contributed by atoms with Gasteiger partial charge in [0.1, 0.15) is 0 Å². The Hall–Kier alpha value is -2.36. The summed E-state index contributed by atoms with van der Waals surface area (Å²) in [6.07, 6.45) is 16.3. The van der Waals surface area contributed by atoms with Gasteiger partial charge in [0.25, 0.3) is 0 Å². The molecule has 0 saturated carbocycles. The van der Waals surface area contributed by atoms with Gasteiger partial charge in [-0.3, -0.25) is 0 Å². The number of nitrogens with zero attached hydrogens (tertiary/aromatic N) is 10. The summed E-state index contributed by atoms with van der Waals surface area (Å²) in [5, 5.41) is 16.2. The highest BCUT2D eigenvalue weighted by Gasteiger charge is 2.45. The van der Waals surface area contributed by atoms with Crippen LogP contribution < -0.4 is 40.9 Å². The molecule has 2 aromatic rings. The van der Waals surface area contributed by atoms with E-state index in [4.69, 9.17) is 53.1 Å². The second kappa shape index (κ2) is 22.7. The van der Waals surface area contributed by atoms with Crippen molar-refractivity contribution in [1.29, 1.82) is 0 Å². The van der Waals surface area contributed by atoms with Crippen LogP contribution in [0.25, 0.3) is 0 Å². The van der Waals surface area contributed by atoms with Crippen LogP contribution in [0.1, 0.15) is 227 Å². The van der Waals surface area contributed by atoms with Crippen LogP contribution in [0.3, 0.4) is 0 Å². The molecule has 16 heteroatoms. The SMILES string of the molecule is CCCCN(c1nc(Cl)nc(N(CCCCCCN(c2nc(Cl)nc(N(CCCC)C3CC(C)(C)NC(C)(C)C3)n2)C2CC(C)(C)NC(C)(C)C2)C2CC(C)(C)NC(C)(C)C2)n1)C1CC(C)(C)NC(C)(C)C1. The molecule has 72 heavy (non-hydrogen) atoms. The van der Waals surface area contributed by atoms with E-state index < -0.39 is 0 Å². The fourth-order valence-corrected chi connectivity index (χ4v) is 14.8. The van der Waals surface area contributed by atoms with Gasteiger partial charge in [-0.15, -0.1) is 0 Å². The van der Waals surface area contributed by atoms with Gasteiger partial charge in [0.2, 0.25) is 34.4 Å². The molecule has 6 rings (SSSR count). The average molecular weight is 1040 g/mol. The lowest BCUT2D eigenvalue weighted by Crippen LogP contribution is -2.63. The van der Waals surface area contributed by atoms with Crippen LogP contribution in [0.5, 0.6) is 0 Å². The summed E-state index contributed by atoms with van der Waals surface area (Å²) in [7, 11) is 0. The molecular weight excluding hydrogens is 940 g/mol. The quantitative estimate of drug-likeness (QED) is 0.0882. The van der Waals surface area contributed by atoms with E-state index in [0.29, 0.717) is 23.8 Å². The van der Waals surface area contributed by atoms with Crippen LogP contribution >= 0.6 is 23.2 Å². The predicted molar refractivity (Wildman–Crippen MR) is 305 cm³/mol. The van der Waals surface area contributed by atoms with Crippen LogP contribution in [-0.2, 0) is 0 Å². The van der Waals surface area contributed by atoms with E-state index >= 15 is 0 Å². The van der Waals surface area contributed by atoms with Gasteiger partial charge in [-0.1, -0.05) is 39.5 Å². The third-order valence-electron chi connectivity index (χ3n) is 15.7. The Kier molecular flexibility index (Phi) is 18.6. The summed E-state index contributed by atoms with van der Waals surface area (Å²) in [5.41, 5.74) is -0.326. The largest absolute Gasteiger partial charge is 0.338 e. The van der Waals surface area contributed by atoms with E-state index in [9.17, 15) is 0 Å². The number of anilines is 4. The maximum atomic E-state index is 7.00. The van der Waals surface area contributed by atoms with Crippen molar-refractivity contribution in [2.75, 3.05) is 45.8 Å². The van der Waals surface area contributed by atoms with Gasteiger partial charge >= 0.3 is 0 Å². The minimum Gasteiger partial charge on any atom is -0.338 e. The average Bonchev–Trinajstić information content (AvgIpc) is 3.17. The van der Waals surface area contributed by atoms with Crippen molar-refractivity contribution in [3.63, 3.8) is 0 Å². The first-order valence-electron chi connectivity index (χ1n) is 28.3. The summed E-state index contributed by atoms with van der Waals surface area (Å²) in [6, 6.07) is 1.00. The third kappa shape index (κ3) is 16.6. The summed E-state index contributed by atoms with van der Waals surface area (Å²) < 4.78 is 0. The molecule has 2 aromatic heterocycles. The highest BCUT2D eigenvalue weighted by Crippen LogP contribution is 2.39. The van der Waals surface area contributed by atoms with E-state index in [1.54, 1.807) is 0 Å². The second-order valence-electron chi connectivity index (χ2n) is 28.1. The molecule has 0 aromatic carbocycles. The van der Waals surface area contributed by atoms with E-state index in [1.165, 1.54) is 0 Å². The van der Waals surface area contributed by atoms with Gasteiger partial charge in [-0.05, 0) is 211 Å². The van der Waals surface area contributed by atoms with Gasteiger partial charge < -0.3 is 40.9 Å². The molecule has 4 saturated heterocycles. The van der Waals surface area contributed by atoms with E-state index in [0.717, 1.165) is 129 Å². The Labute approximate surface area is 448 Å². The van der Waals surface area contributed by atoms with Gasteiger partial charge in [0, 0.05) is 94.7 Å². The van der Waals surface area contributed by atoms with Crippen LogP contribution in [0.4, 0.5) is 23.8 Å². The summed E-state index contributed by atoms with van der Waals surface area (Å²) in [6.45, 7) is 45.1. The van der Waals surface area contributed by atoms with E-state index in [2.05, 4.69) is 165 Å². The number of hydrogen-bond donors (Lipinski definition) is 4. The van der Waals surface area contributed by atoms with Crippen molar-refractivity contribution in [2.24, 2.45) is 0 Å². The Balaban J connectivity index is 1.26. The predicted octanol–water partition coefficient (Wildman–Crippen LogP) is 11.7. The lowest BCUT2D eigenvalue weighted by Gasteiger charge is -2.50. The van der Waals surface area contributed by atoms with Crippen molar-refractivity contribution >= 4 is 47.0 Å². The second-order valence-corrected chi connectivity index (χ2v) is 28.8. The summed E-state index contributed by atoms with van der Waals surface area (Å²) >= 11 is 14.0. The lowest BCUT2D eigenvalue weighted by atomic mass is 9.79. The highest BCUT2D eigenvalue weighted by atomic mass is 35.5. The van der Waals surface area contributed by atoms with Crippen molar-refractivity contribution < 1.29 is 0 Å². The molecule has 0 unspecified atom stereocenters. The van der Waals surface area contributed by atoms with Crippen molar-refractivity contribution in [1.82, 2.24) is 51.2 Å². The Bertz CT molecular complexity index is 1880. The Morgan fingerprint density at radius 1 is 0.333 bits per heavy atom. The molecule has 0 spiro atoms. The zero-order valence-electron chi connectivity index (χ0n) is 48.7. The Morgan fingerprint density at radius 2 is 0.528 bits per heavy atom. The zero-order valence-corrected chi connectivity index (χ0v) is 50.2.